The van der Waals surface area contributed by atoms with Crippen LogP contribution in [0.15, 0.2) is 24.3 Å². The minimum absolute atomic E-state index is 0.0348. The van der Waals surface area contributed by atoms with Crippen molar-refractivity contribution in [3.05, 3.63) is 51.3 Å². The van der Waals surface area contributed by atoms with Gasteiger partial charge in [-0.3, -0.25) is 20.2 Å². The Morgan fingerprint density at radius 2 is 1.79 bits per heavy atom. The van der Waals surface area contributed by atoms with Crippen LogP contribution in [0.4, 0.5) is 11.6 Å². The Hall–Kier alpha value is -3.69. The molecule has 0 fully saturated rings. The van der Waals surface area contributed by atoms with E-state index in [4.69, 9.17) is 4.74 Å². The fourth-order valence-electron chi connectivity index (χ4n) is 2.45. The molecular weight excluding hydrogens is 364 g/mol. The molecule has 0 bridgehead atoms. The lowest BCUT2D eigenvalue weighted by atomic mass is 10.1. The zero-order chi connectivity index (χ0) is 20.3. The Balaban J connectivity index is 1.83. The third-order valence-corrected chi connectivity index (χ3v) is 3.97. The van der Waals surface area contributed by atoms with Crippen LogP contribution in [-0.4, -0.2) is 37.4 Å². The van der Waals surface area contributed by atoms with Gasteiger partial charge in [0.05, 0.1) is 22.9 Å². The smallest absolute Gasteiger partial charge is 0.269 e. The minimum Gasteiger partial charge on any atom is -0.476 e. The third kappa shape index (κ3) is 4.34. The number of ether oxygens (including phenoxy) is 1. The SMILES string of the molecule is CC(=O)Nc1nc(OCCc2ccc([N+](=O)[O-])cc2)c2nc(C)c(C)nc2n1. The molecule has 0 aliphatic carbocycles. The van der Waals surface area contributed by atoms with Crippen molar-refractivity contribution in [2.24, 2.45) is 0 Å². The van der Waals surface area contributed by atoms with Crippen molar-refractivity contribution in [3.63, 3.8) is 0 Å². The number of nitrogens with zero attached hydrogens (tertiary/aromatic N) is 5. The largest absolute Gasteiger partial charge is 0.476 e. The number of fused-ring (bicyclic) bond motifs is 1. The van der Waals surface area contributed by atoms with E-state index in [-0.39, 0.29) is 30.0 Å². The summed E-state index contributed by atoms with van der Waals surface area (Å²) in [5, 5.41) is 13.2. The molecule has 144 valence electrons. The van der Waals surface area contributed by atoms with Gasteiger partial charge in [-0.1, -0.05) is 12.1 Å². The van der Waals surface area contributed by atoms with E-state index in [9.17, 15) is 14.9 Å². The molecule has 10 nitrogen and oxygen atoms in total. The number of benzene rings is 1. The van der Waals surface area contributed by atoms with Gasteiger partial charge in [-0.05, 0) is 19.4 Å². The fourth-order valence-corrected chi connectivity index (χ4v) is 2.45. The Morgan fingerprint density at radius 3 is 2.43 bits per heavy atom. The maximum atomic E-state index is 11.3. The molecule has 2 heterocycles. The van der Waals surface area contributed by atoms with Crippen molar-refractivity contribution in [1.29, 1.82) is 0 Å². The van der Waals surface area contributed by atoms with Crippen LogP contribution in [0.3, 0.4) is 0 Å². The van der Waals surface area contributed by atoms with Gasteiger partial charge in [-0.15, -0.1) is 0 Å². The molecule has 3 rings (SSSR count). The Morgan fingerprint density at radius 1 is 1.11 bits per heavy atom. The number of rotatable bonds is 6. The molecule has 0 aliphatic heterocycles. The van der Waals surface area contributed by atoms with Crippen LogP contribution in [0.1, 0.15) is 23.9 Å². The first kappa shape index (κ1) is 19.1. The quantitative estimate of drug-likeness (QED) is 0.508. The van der Waals surface area contributed by atoms with Crippen molar-refractivity contribution in [2.75, 3.05) is 11.9 Å². The summed E-state index contributed by atoms with van der Waals surface area (Å²) in [6, 6.07) is 6.25. The molecule has 0 unspecified atom stereocenters. The van der Waals surface area contributed by atoms with Crippen LogP contribution in [0.2, 0.25) is 0 Å². The van der Waals surface area contributed by atoms with Gasteiger partial charge in [-0.2, -0.15) is 9.97 Å². The summed E-state index contributed by atoms with van der Waals surface area (Å²) in [6.07, 6.45) is 0.511. The average Bonchev–Trinajstić information content (AvgIpc) is 2.63. The molecule has 1 amide bonds. The first-order valence-corrected chi connectivity index (χ1v) is 8.50. The van der Waals surface area contributed by atoms with Crippen molar-refractivity contribution >= 4 is 28.7 Å². The molecule has 3 aromatic rings. The molecule has 0 aliphatic rings. The number of nitrogens with one attached hydrogen (secondary N) is 1. The van der Waals surface area contributed by atoms with E-state index in [2.05, 4.69) is 25.3 Å². The molecule has 0 saturated carbocycles. The number of hydrogen-bond donors (Lipinski definition) is 1. The number of non-ortho nitro benzene ring substituents is 1. The average molecular weight is 382 g/mol. The van der Waals surface area contributed by atoms with Gasteiger partial charge >= 0.3 is 0 Å². The van der Waals surface area contributed by atoms with Crippen LogP contribution in [-0.2, 0) is 11.2 Å². The number of hydrogen-bond acceptors (Lipinski definition) is 8. The van der Waals surface area contributed by atoms with E-state index in [1.54, 1.807) is 12.1 Å². The molecule has 0 saturated heterocycles. The van der Waals surface area contributed by atoms with Gasteiger partial charge in [0.25, 0.3) is 5.69 Å². The maximum absolute atomic E-state index is 11.3. The van der Waals surface area contributed by atoms with E-state index >= 15 is 0 Å². The van der Waals surface area contributed by atoms with Crippen molar-refractivity contribution in [3.8, 4) is 5.88 Å². The minimum atomic E-state index is -0.445. The number of carbonyl (C=O) groups is 1. The summed E-state index contributed by atoms with van der Waals surface area (Å²) in [6.45, 7) is 5.26. The highest BCUT2D eigenvalue weighted by molar-refractivity contribution is 5.88. The van der Waals surface area contributed by atoms with Gasteiger partial charge in [0, 0.05) is 25.5 Å². The number of nitro benzene ring substituents is 1. The number of aromatic nitrogens is 4. The van der Waals surface area contributed by atoms with E-state index in [1.165, 1.54) is 19.1 Å². The summed E-state index contributed by atoms with van der Waals surface area (Å²) in [7, 11) is 0. The number of aryl methyl sites for hydroxylation is 2. The molecule has 28 heavy (non-hydrogen) atoms. The monoisotopic (exact) mass is 382 g/mol. The van der Waals surface area contributed by atoms with Crippen LogP contribution in [0.25, 0.3) is 11.2 Å². The summed E-state index contributed by atoms with van der Waals surface area (Å²) in [5.74, 6) is -0.0119. The predicted molar refractivity (Wildman–Crippen MR) is 101 cm³/mol. The second kappa shape index (κ2) is 7.91. The highest BCUT2D eigenvalue weighted by atomic mass is 16.6. The number of amides is 1. The summed E-state index contributed by atoms with van der Waals surface area (Å²) >= 11 is 0. The van der Waals surface area contributed by atoms with Crippen molar-refractivity contribution in [2.45, 2.75) is 27.2 Å². The molecule has 10 heteroatoms. The van der Waals surface area contributed by atoms with E-state index in [0.717, 1.165) is 17.0 Å². The number of carbonyl (C=O) groups excluding carboxylic acids is 1. The van der Waals surface area contributed by atoms with Crippen molar-refractivity contribution < 1.29 is 14.5 Å². The number of nitro groups is 1. The molecule has 1 aromatic carbocycles. The normalized spacial score (nSPS) is 10.7. The second-order valence-corrected chi connectivity index (χ2v) is 6.12. The summed E-state index contributed by atoms with van der Waals surface area (Å²) < 4.78 is 5.78. The maximum Gasteiger partial charge on any atom is 0.269 e. The van der Waals surface area contributed by atoms with Gasteiger partial charge in [0.2, 0.25) is 17.7 Å². The van der Waals surface area contributed by atoms with E-state index in [0.29, 0.717) is 17.6 Å². The number of anilines is 1. The molecule has 1 N–H and O–H groups in total. The van der Waals surface area contributed by atoms with Crippen molar-refractivity contribution in [1.82, 2.24) is 19.9 Å². The fraction of sp³-hybridized carbons (Fsp3) is 0.278. The van der Waals surface area contributed by atoms with Crippen LogP contribution in [0, 0.1) is 24.0 Å². The predicted octanol–water partition coefficient (Wildman–Crippen LogP) is 2.52. The molecule has 2 aromatic heterocycles. The highest BCUT2D eigenvalue weighted by Gasteiger charge is 2.14. The van der Waals surface area contributed by atoms with Crippen LogP contribution in [0.5, 0.6) is 5.88 Å². The summed E-state index contributed by atoms with van der Waals surface area (Å²) in [5.41, 5.74) is 3.09. The zero-order valence-electron chi connectivity index (χ0n) is 15.6. The van der Waals surface area contributed by atoms with E-state index in [1.807, 2.05) is 13.8 Å². The lowest BCUT2D eigenvalue weighted by Crippen LogP contribution is -2.12. The Bertz CT molecular complexity index is 1050. The summed E-state index contributed by atoms with van der Waals surface area (Å²) in [4.78, 5) is 38.9. The highest BCUT2D eigenvalue weighted by Crippen LogP contribution is 2.22. The molecule has 0 atom stereocenters. The zero-order valence-corrected chi connectivity index (χ0v) is 15.6. The Kier molecular flexibility index (Phi) is 5.39. The Labute approximate surface area is 160 Å². The lowest BCUT2D eigenvalue weighted by molar-refractivity contribution is -0.384. The van der Waals surface area contributed by atoms with Gasteiger partial charge < -0.3 is 4.74 Å². The third-order valence-electron chi connectivity index (χ3n) is 3.97. The first-order valence-electron chi connectivity index (χ1n) is 8.50. The molecular formula is C18H18N6O4. The molecule has 0 radical (unpaired) electrons. The van der Waals surface area contributed by atoms with Gasteiger partial charge in [0.15, 0.2) is 11.2 Å². The van der Waals surface area contributed by atoms with Gasteiger partial charge in [-0.25, -0.2) is 9.97 Å². The standard InChI is InChI=1S/C18H18N6O4/c1-10-11(2)20-16-15(19-10)17(23-18(22-16)21-12(3)25)28-9-8-13-4-6-14(7-5-13)24(26)27/h4-7H,8-9H2,1-3H3,(H,20,21,22,23,25). The first-order chi connectivity index (χ1) is 13.3. The lowest BCUT2D eigenvalue weighted by Gasteiger charge is -2.10. The molecule has 0 spiro atoms. The van der Waals surface area contributed by atoms with Gasteiger partial charge in [0.1, 0.15) is 0 Å². The topological polar surface area (TPSA) is 133 Å². The van der Waals surface area contributed by atoms with Crippen LogP contribution >= 0.6 is 0 Å². The second-order valence-electron chi connectivity index (χ2n) is 6.12. The van der Waals surface area contributed by atoms with E-state index < -0.39 is 4.92 Å². The van der Waals surface area contributed by atoms with Crippen LogP contribution < -0.4 is 10.1 Å².